The zero-order chi connectivity index (χ0) is 21.2. The van der Waals surface area contributed by atoms with E-state index in [0.29, 0.717) is 0 Å². The second-order valence-corrected chi connectivity index (χ2v) is 5.74. The molecule has 150 valence electrons. The Morgan fingerprint density at radius 1 is 1.14 bits per heavy atom. The van der Waals surface area contributed by atoms with Crippen LogP contribution in [0.15, 0.2) is 35.0 Å². The summed E-state index contributed by atoms with van der Waals surface area (Å²) in [6.45, 7) is 3.40. The van der Waals surface area contributed by atoms with E-state index in [1.807, 2.05) is 0 Å². The van der Waals surface area contributed by atoms with E-state index < -0.39 is 23.8 Å². The number of alkyl halides is 3. The van der Waals surface area contributed by atoms with Crippen LogP contribution in [0.25, 0.3) is 11.4 Å². The molecule has 0 aliphatic rings. The lowest BCUT2D eigenvalue weighted by Gasteiger charge is -2.06. The van der Waals surface area contributed by atoms with E-state index in [1.165, 1.54) is 30.5 Å². The molecule has 29 heavy (non-hydrogen) atoms. The molecule has 0 saturated heterocycles. The summed E-state index contributed by atoms with van der Waals surface area (Å²) in [5.41, 5.74) is 0.855. The fourth-order valence-corrected chi connectivity index (χ4v) is 2.34. The predicted octanol–water partition coefficient (Wildman–Crippen LogP) is 3.26. The number of hydrogen-bond acceptors (Lipinski definition) is 8. The van der Waals surface area contributed by atoms with Crippen LogP contribution in [0.2, 0.25) is 0 Å². The Morgan fingerprint density at radius 3 is 2.38 bits per heavy atom. The number of esters is 1. The van der Waals surface area contributed by atoms with E-state index in [9.17, 15) is 22.8 Å². The normalized spacial score (nSPS) is 11.3. The van der Waals surface area contributed by atoms with Crippen molar-refractivity contribution in [1.82, 2.24) is 20.1 Å². The number of aryl methyl sites for hydroxylation is 1. The van der Waals surface area contributed by atoms with Gasteiger partial charge >= 0.3 is 18.0 Å². The molecule has 0 N–H and O–H groups in total. The van der Waals surface area contributed by atoms with Gasteiger partial charge in [0.05, 0.1) is 17.9 Å². The molecule has 0 atom stereocenters. The van der Waals surface area contributed by atoms with E-state index in [4.69, 9.17) is 4.74 Å². The maximum Gasteiger partial charge on any atom is 0.471 e. The summed E-state index contributed by atoms with van der Waals surface area (Å²) in [4.78, 5) is 35.5. The average Bonchev–Trinajstić information content (AvgIpc) is 3.18. The number of benzene rings is 1. The fraction of sp³-hybridized carbons (Fsp3) is 0.222. The molecule has 3 aromatic rings. The average molecular weight is 406 g/mol. The van der Waals surface area contributed by atoms with Crippen LogP contribution in [0.4, 0.5) is 13.2 Å². The van der Waals surface area contributed by atoms with E-state index in [1.54, 1.807) is 13.8 Å². The van der Waals surface area contributed by atoms with Crippen LogP contribution in [0, 0.1) is 6.92 Å². The van der Waals surface area contributed by atoms with Crippen molar-refractivity contribution in [2.75, 3.05) is 6.61 Å². The number of nitrogens with zero attached hydrogens (tertiary/aromatic N) is 4. The smallest absolute Gasteiger partial charge is 0.462 e. The fourth-order valence-electron chi connectivity index (χ4n) is 2.34. The van der Waals surface area contributed by atoms with Gasteiger partial charge in [0.2, 0.25) is 17.4 Å². The van der Waals surface area contributed by atoms with Crippen LogP contribution in [-0.4, -0.2) is 38.5 Å². The third-order valence-electron chi connectivity index (χ3n) is 3.75. The van der Waals surface area contributed by atoms with Crippen molar-refractivity contribution in [2.45, 2.75) is 20.0 Å². The largest absolute Gasteiger partial charge is 0.471 e. The van der Waals surface area contributed by atoms with Crippen molar-refractivity contribution in [3.8, 4) is 11.4 Å². The summed E-state index contributed by atoms with van der Waals surface area (Å²) in [5, 5.41) is 3.28. The van der Waals surface area contributed by atoms with E-state index in [2.05, 4.69) is 24.6 Å². The molecule has 11 heteroatoms. The SMILES string of the molecule is CCOC(=O)c1cnc(C(=O)c2ccc(-c3noc(C(F)(F)F)n3)cc2)nc1C. The minimum Gasteiger partial charge on any atom is -0.462 e. The zero-order valence-electron chi connectivity index (χ0n) is 15.1. The maximum atomic E-state index is 12.5. The predicted molar refractivity (Wildman–Crippen MR) is 90.9 cm³/mol. The van der Waals surface area contributed by atoms with Crippen molar-refractivity contribution in [1.29, 1.82) is 0 Å². The highest BCUT2D eigenvalue weighted by Gasteiger charge is 2.38. The van der Waals surface area contributed by atoms with Gasteiger partial charge in [-0.3, -0.25) is 4.79 Å². The Morgan fingerprint density at radius 2 is 1.83 bits per heavy atom. The van der Waals surface area contributed by atoms with Crippen LogP contribution in [0.3, 0.4) is 0 Å². The second kappa shape index (κ2) is 7.78. The van der Waals surface area contributed by atoms with Gasteiger partial charge in [0.25, 0.3) is 0 Å². The van der Waals surface area contributed by atoms with Crippen LogP contribution >= 0.6 is 0 Å². The Balaban J connectivity index is 1.81. The minimum absolute atomic E-state index is 0.137. The first kappa shape index (κ1) is 20.1. The van der Waals surface area contributed by atoms with Gasteiger partial charge in [0.15, 0.2) is 0 Å². The first-order chi connectivity index (χ1) is 13.7. The van der Waals surface area contributed by atoms with E-state index in [-0.39, 0.29) is 40.6 Å². The Labute approximate surface area is 161 Å². The lowest BCUT2D eigenvalue weighted by Crippen LogP contribution is -2.13. The summed E-state index contributed by atoms with van der Waals surface area (Å²) in [6.07, 6.45) is -3.54. The molecule has 0 aliphatic heterocycles. The van der Waals surface area contributed by atoms with Gasteiger partial charge in [-0.05, 0) is 13.8 Å². The monoisotopic (exact) mass is 406 g/mol. The number of carbonyl (C=O) groups is 2. The molecule has 0 amide bonds. The zero-order valence-corrected chi connectivity index (χ0v) is 15.1. The highest BCUT2D eigenvalue weighted by molar-refractivity contribution is 6.06. The van der Waals surface area contributed by atoms with Crippen molar-refractivity contribution in [3.63, 3.8) is 0 Å². The van der Waals surface area contributed by atoms with E-state index >= 15 is 0 Å². The Kier molecular flexibility index (Phi) is 5.39. The van der Waals surface area contributed by atoms with Gasteiger partial charge in [0.1, 0.15) is 0 Å². The standard InChI is InChI=1S/C18H13F3N4O4/c1-3-28-16(27)12-8-22-15(23-9(12)2)13(26)10-4-6-11(7-5-10)14-24-17(29-25-14)18(19,20)21/h4-8H,3H2,1-2H3. The quantitative estimate of drug-likeness (QED) is 0.469. The summed E-state index contributed by atoms with van der Waals surface area (Å²) < 4.78 is 46.7. The third kappa shape index (κ3) is 4.28. The summed E-state index contributed by atoms with van der Waals surface area (Å²) in [6, 6.07) is 5.49. The minimum atomic E-state index is -4.74. The maximum absolute atomic E-state index is 12.5. The lowest BCUT2D eigenvalue weighted by molar-refractivity contribution is -0.159. The number of halogens is 3. The van der Waals surface area contributed by atoms with Crippen LogP contribution in [0.1, 0.15) is 45.0 Å². The third-order valence-corrected chi connectivity index (χ3v) is 3.75. The summed E-state index contributed by atoms with van der Waals surface area (Å²) in [5.74, 6) is -2.98. The van der Waals surface area contributed by atoms with Gasteiger partial charge in [-0.25, -0.2) is 14.8 Å². The number of ether oxygens (including phenoxy) is 1. The molecule has 8 nitrogen and oxygen atoms in total. The van der Waals surface area contributed by atoms with Crippen LogP contribution in [-0.2, 0) is 10.9 Å². The van der Waals surface area contributed by atoms with Crippen molar-refractivity contribution in [3.05, 3.63) is 59.0 Å². The van der Waals surface area contributed by atoms with Gasteiger partial charge in [-0.1, -0.05) is 29.4 Å². The molecule has 2 heterocycles. The molecule has 0 unspecified atom stereocenters. The van der Waals surface area contributed by atoms with Crippen molar-refractivity contribution in [2.24, 2.45) is 0 Å². The number of hydrogen-bond donors (Lipinski definition) is 0. The molecule has 0 aliphatic carbocycles. The number of rotatable bonds is 5. The number of ketones is 1. The molecule has 0 radical (unpaired) electrons. The van der Waals surface area contributed by atoms with Gasteiger partial charge < -0.3 is 9.26 Å². The molecule has 0 bridgehead atoms. The lowest BCUT2D eigenvalue weighted by atomic mass is 10.1. The van der Waals surface area contributed by atoms with Gasteiger partial charge in [-0.2, -0.15) is 18.2 Å². The molecular formula is C18H13F3N4O4. The molecule has 2 aromatic heterocycles. The first-order valence-corrected chi connectivity index (χ1v) is 8.27. The van der Waals surface area contributed by atoms with Crippen LogP contribution < -0.4 is 0 Å². The molecule has 0 spiro atoms. The summed E-state index contributed by atoms with van der Waals surface area (Å²) in [7, 11) is 0. The highest BCUT2D eigenvalue weighted by atomic mass is 19.4. The van der Waals surface area contributed by atoms with Gasteiger partial charge in [-0.15, -0.1) is 0 Å². The summed E-state index contributed by atoms with van der Waals surface area (Å²) >= 11 is 0. The second-order valence-electron chi connectivity index (χ2n) is 5.74. The number of carbonyl (C=O) groups excluding carboxylic acids is 2. The highest BCUT2D eigenvalue weighted by Crippen LogP contribution is 2.29. The Bertz CT molecular complexity index is 1060. The first-order valence-electron chi connectivity index (χ1n) is 8.27. The molecule has 0 saturated carbocycles. The molecular weight excluding hydrogens is 393 g/mol. The van der Waals surface area contributed by atoms with Crippen LogP contribution in [0.5, 0.6) is 0 Å². The topological polar surface area (TPSA) is 108 Å². The van der Waals surface area contributed by atoms with Crippen molar-refractivity contribution < 1.29 is 32.0 Å². The number of aromatic nitrogens is 4. The Hall–Kier alpha value is -3.63. The van der Waals surface area contributed by atoms with Gasteiger partial charge in [0, 0.05) is 17.3 Å². The molecule has 1 aromatic carbocycles. The molecule has 0 fully saturated rings. The van der Waals surface area contributed by atoms with E-state index in [0.717, 1.165) is 0 Å². The molecule has 3 rings (SSSR count). The van der Waals surface area contributed by atoms with Crippen molar-refractivity contribution >= 4 is 11.8 Å².